The molecule has 0 fully saturated rings. The molecule has 4 unspecified atom stereocenters. The molecule has 0 aromatic heterocycles. The summed E-state index contributed by atoms with van der Waals surface area (Å²) in [5, 5.41) is 24.7. The van der Waals surface area contributed by atoms with E-state index in [0.717, 1.165) is 0 Å². The molecule has 0 aliphatic carbocycles. The van der Waals surface area contributed by atoms with Crippen LogP contribution in [-0.4, -0.2) is 82.5 Å². The minimum absolute atomic E-state index is 0.00598. The van der Waals surface area contributed by atoms with Crippen molar-refractivity contribution in [3.63, 3.8) is 0 Å². The molecule has 0 aliphatic rings. The lowest BCUT2D eigenvalue weighted by molar-refractivity contribution is -0.143. The third-order valence-electron chi connectivity index (χ3n) is 4.08. The number of guanidine groups is 1. The van der Waals surface area contributed by atoms with Crippen LogP contribution in [0.2, 0.25) is 0 Å². The van der Waals surface area contributed by atoms with Crippen molar-refractivity contribution in [3.8, 4) is 0 Å². The Balaban J connectivity index is 5.05. The molecule has 4 amide bonds. The lowest BCUT2D eigenvalue weighted by Crippen LogP contribution is -2.57. The van der Waals surface area contributed by atoms with E-state index in [1.165, 1.54) is 6.92 Å². The molecule has 0 saturated heterocycles. The molecule has 0 heterocycles. The summed E-state index contributed by atoms with van der Waals surface area (Å²) in [7, 11) is 0. The molecule has 13 N–H and O–H groups in total. The van der Waals surface area contributed by atoms with Gasteiger partial charge in [0.2, 0.25) is 23.6 Å². The summed E-state index contributed by atoms with van der Waals surface area (Å²) in [6.07, 6.45) is -1.15. The van der Waals surface area contributed by atoms with Crippen LogP contribution < -0.4 is 38.9 Å². The number of carboxylic acid groups (broad SMARTS) is 2. The van der Waals surface area contributed by atoms with E-state index >= 15 is 0 Å². The van der Waals surface area contributed by atoms with Crippen LogP contribution in [0.4, 0.5) is 0 Å². The molecule has 0 aromatic rings. The molecule has 0 saturated carbocycles. The van der Waals surface area contributed by atoms with E-state index in [4.69, 9.17) is 28.0 Å². The Morgan fingerprint density at radius 1 is 0.848 bits per heavy atom. The van der Waals surface area contributed by atoms with Gasteiger partial charge < -0.3 is 49.1 Å². The van der Waals surface area contributed by atoms with E-state index in [1.807, 2.05) is 0 Å². The summed E-state index contributed by atoms with van der Waals surface area (Å²) in [6.45, 7) is 1.37. The zero-order valence-electron chi connectivity index (χ0n) is 17.9. The Kier molecular flexibility index (Phi) is 12.5. The number of aliphatic imine (C=N–C) groups is 1. The van der Waals surface area contributed by atoms with Crippen molar-refractivity contribution < 1.29 is 39.0 Å². The molecule has 16 nitrogen and oxygen atoms in total. The van der Waals surface area contributed by atoms with Crippen molar-refractivity contribution in [3.05, 3.63) is 0 Å². The zero-order chi connectivity index (χ0) is 25.7. The maximum Gasteiger partial charge on any atom is 0.326 e. The van der Waals surface area contributed by atoms with E-state index < -0.39 is 72.6 Å². The van der Waals surface area contributed by atoms with E-state index in [9.17, 15) is 33.9 Å². The van der Waals surface area contributed by atoms with Gasteiger partial charge >= 0.3 is 11.9 Å². The second-order valence-corrected chi connectivity index (χ2v) is 7.01. The van der Waals surface area contributed by atoms with Crippen molar-refractivity contribution in [2.45, 2.75) is 56.8 Å². The van der Waals surface area contributed by atoms with Gasteiger partial charge in [-0.2, -0.15) is 0 Å². The molecule has 16 heteroatoms. The van der Waals surface area contributed by atoms with Gasteiger partial charge in [0, 0.05) is 6.54 Å². The first-order valence-corrected chi connectivity index (χ1v) is 9.69. The molecule has 33 heavy (non-hydrogen) atoms. The number of rotatable bonds is 15. The molecule has 186 valence electrons. The quantitative estimate of drug-likeness (QED) is 0.0616. The number of carbonyl (C=O) groups excluding carboxylic acids is 4. The summed E-state index contributed by atoms with van der Waals surface area (Å²) >= 11 is 0. The summed E-state index contributed by atoms with van der Waals surface area (Å²) in [6, 6.07) is -5.63. The number of aliphatic carboxylic acids is 2. The van der Waals surface area contributed by atoms with Crippen molar-refractivity contribution in [1.29, 1.82) is 0 Å². The number of nitrogens with one attached hydrogen (secondary N) is 3. The highest BCUT2D eigenvalue weighted by atomic mass is 16.4. The highest BCUT2D eigenvalue weighted by molar-refractivity contribution is 5.96. The molecule has 0 bridgehead atoms. The van der Waals surface area contributed by atoms with Crippen molar-refractivity contribution in [2.24, 2.45) is 27.9 Å². The van der Waals surface area contributed by atoms with Gasteiger partial charge in [-0.05, 0) is 19.8 Å². The third-order valence-corrected chi connectivity index (χ3v) is 4.08. The first-order chi connectivity index (χ1) is 15.2. The molecule has 0 spiro atoms. The summed E-state index contributed by atoms with van der Waals surface area (Å²) in [5.74, 6) is -6.73. The van der Waals surface area contributed by atoms with Crippen LogP contribution in [0.3, 0.4) is 0 Å². The molecule has 0 aromatic carbocycles. The molecular weight excluding hydrogens is 444 g/mol. The van der Waals surface area contributed by atoms with Gasteiger partial charge in [-0.1, -0.05) is 0 Å². The monoisotopic (exact) mass is 474 g/mol. The molecule has 4 atom stereocenters. The standard InChI is InChI=1S/C17H30N8O8/c1-7(13(29)24-9(16(32)33)3-2-4-22-17(20)21)23-15(31)10(6-12(27)28)25-14(30)8(18)5-11(19)26/h7-10H,2-6,18H2,1H3,(H2,19,26)(H,23,31)(H,24,29)(H,25,30)(H,27,28)(H,32,33)(H4,20,21,22). The maximum atomic E-state index is 12.4. The zero-order valence-corrected chi connectivity index (χ0v) is 17.9. The highest BCUT2D eigenvalue weighted by Crippen LogP contribution is 2.01. The predicted molar refractivity (Wildman–Crippen MR) is 113 cm³/mol. The molecular formula is C17H30N8O8. The van der Waals surface area contributed by atoms with Gasteiger partial charge in [0.05, 0.1) is 18.9 Å². The van der Waals surface area contributed by atoms with Crippen LogP contribution in [0.1, 0.15) is 32.6 Å². The SMILES string of the molecule is CC(NC(=O)C(CC(=O)O)NC(=O)C(N)CC(N)=O)C(=O)NC(CCCN=C(N)N)C(=O)O. The van der Waals surface area contributed by atoms with Gasteiger partial charge in [0.25, 0.3) is 0 Å². The Bertz CT molecular complexity index is 783. The van der Waals surface area contributed by atoms with Crippen molar-refractivity contribution in [2.75, 3.05) is 6.54 Å². The highest BCUT2D eigenvalue weighted by Gasteiger charge is 2.30. The average Bonchev–Trinajstić information content (AvgIpc) is 2.67. The van der Waals surface area contributed by atoms with E-state index in [0.29, 0.717) is 0 Å². The van der Waals surface area contributed by atoms with Crippen LogP contribution in [0.15, 0.2) is 4.99 Å². The topological polar surface area (TPSA) is 295 Å². The number of nitrogens with two attached hydrogens (primary N) is 4. The average molecular weight is 474 g/mol. The summed E-state index contributed by atoms with van der Waals surface area (Å²) in [4.78, 5) is 73.7. The minimum Gasteiger partial charge on any atom is -0.481 e. The minimum atomic E-state index is -1.63. The summed E-state index contributed by atoms with van der Waals surface area (Å²) in [5.41, 5.74) is 20.7. The number of nitrogens with zero attached hydrogens (tertiary/aromatic N) is 1. The predicted octanol–water partition coefficient (Wildman–Crippen LogP) is -4.72. The van der Waals surface area contributed by atoms with E-state index in [-0.39, 0.29) is 25.3 Å². The number of amides is 4. The van der Waals surface area contributed by atoms with Crippen LogP contribution in [-0.2, 0) is 28.8 Å². The number of hydrogen-bond donors (Lipinski definition) is 9. The fraction of sp³-hybridized carbons (Fsp3) is 0.588. The number of hydrogen-bond acceptors (Lipinski definition) is 8. The normalized spacial score (nSPS) is 14.0. The lowest BCUT2D eigenvalue weighted by Gasteiger charge is -2.22. The number of carbonyl (C=O) groups is 6. The Labute approximate surface area is 188 Å². The smallest absolute Gasteiger partial charge is 0.326 e. The van der Waals surface area contributed by atoms with Gasteiger partial charge in [-0.3, -0.25) is 29.0 Å². The maximum absolute atomic E-state index is 12.4. The first kappa shape index (κ1) is 29.0. The Hall–Kier alpha value is -3.95. The second-order valence-electron chi connectivity index (χ2n) is 7.01. The van der Waals surface area contributed by atoms with Gasteiger partial charge in [0.15, 0.2) is 5.96 Å². The third kappa shape index (κ3) is 12.5. The van der Waals surface area contributed by atoms with Gasteiger partial charge in [-0.25, -0.2) is 4.79 Å². The van der Waals surface area contributed by atoms with Crippen LogP contribution in [0.5, 0.6) is 0 Å². The molecule has 0 aliphatic heterocycles. The van der Waals surface area contributed by atoms with Gasteiger partial charge in [0.1, 0.15) is 18.1 Å². The number of primary amides is 1. The van der Waals surface area contributed by atoms with Crippen molar-refractivity contribution >= 4 is 41.5 Å². The first-order valence-electron chi connectivity index (χ1n) is 9.69. The van der Waals surface area contributed by atoms with Crippen LogP contribution >= 0.6 is 0 Å². The molecule has 0 radical (unpaired) electrons. The fourth-order valence-electron chi connectivity index (χ4n) is 2.41. The van der Waals surface area contributed by atoms with E-state index in [1.54, 1.807) is 0 Å². The lowest BCUT2D eigenvalue weighted by atomic mass is 10.1. The largest absolute Gasteiger partial charge is 0.481 e. The van der Waals surface area contributed by atoms with Crippen molar-refractivity contribution in [1.82, 2.24) is 16.0 Å². The summed E-state index contributed by atoms with van der Waals surface area (Å²) < 4.78 is 0. The van der Waals surface area contributed by atoms with Crippen LogP contribution in [0.25, 0.3) is 0 Å². The number of carboxylic acids is 2. The van der Waals surface area contributed by atoms with E-state index in [2.05, 4.69) is 20.9 Å². The fourth-order valence-corrected chi connectivity index (χ4v) is 2.41. The Morgan fingerprint density at radius 2 is 1.42 bits per heavy atom. The second kappa shape index (κ2) is 14.2. The van der Waals surface area contributed by atoms with Crippen LogP contribution in [0, 0.1) is 0 Å². The van der Waals surface area contributed by atoms with Gasteiger partial charge in [-0.15, -0.1) is 0 Å². The molecule has 0 rings (SSSR count). The Morgan fingerprint density at radius 3 is 1.91 bits per heavy atom.